The molecule has 1 atom stereocenters. The minimum atomic E-state index is -0.173. The summed E-state index contributed by atoms with van der Waals surface area (Å²) in [4.78, 5) is 0. The SMILES string of the molecule is COCCC(C)NCc1ccc(F)cc1C. The zero-order chi connectivity index (χ0) is 12.0. The van der Waals surface area contributed by atoms with Gasteiger partial charge in [0.15, 0.2) is 0 Å². The second kappa shape index (κ2) is 6.61. The Balaban J connectivity index is 2.42. The van der Waals surface area contributed by atoms with E-state index in [2.05, 4.69) is 12.2 Å². The lowest BCUT2D eigenvalue weighted by Crippen LogP contribution is -2.26. The van der Waals surface area contributed by atoms with Crippen molar-refractivity contribution in [3.63, 3.8) is 0 Å². The number of ether oxygens (including phenoxy) is 1. The molecule has 0 aliphatic rings. The molecule has 1 N–H and O–H groups in total. The van der Waals surface area contributed by atoms with Gasteiger partial charge in [-0.2, -0.15) is 0 Å². The molecule has 0 aromatic heterocycles. The summed E-state index contributed by atoms with van der Waals surface area (Å²) in [7, 11) is 1.71. The third-order valence-corrected chi connectivity index (χ3v) is 2.70. The van der Waals surface area contributed by atoms with Gasteiger partial charge in [0.2, 0.25) is 0 Å². The summed E-state index contributed by atoms with van der Waals surface area (Å²) in [5, 5.41) is 3.39. The summed E-state index contributed by atoms with van der Waals surface area (Å²) in [6.45, 7) is 5.59. The molecular weight excluding hydrogens is 205 g/mol. The van der Waals surface area contributed by atoms with Crippen LogP contribution in [0.5, 0.6) is 0 Å². The van der Waals surface area contributed by atoms with Crippen molar-refractivity contribution in [1.82, 2.24) is 5.32 Å². The normalized spacial score (nSPS) is 12.8. The van der Waals surface area contributed by atoms with Gasteiger partial charge >= 0.3 is 0 Å². The van der Waals surface area contributed by atoms with E-state index in [4.69, 9.17) is 4.74 Å². The van der Waals surface area contributed by atoms with Gasteiger partial charge in [-0.1, -0.05) is 6.07 Å². The number of rotatable bonds is 6. The molecule has 1 aromatic carbocycles. The molecule has 1 unspecified atom stereocenters. The Kier molecular flexibility index (Phi) is 5.43. The molecular formula is C13H20FNO. The molecule has 0 heterocycles. The fourth-order valence-electron chi connectivity index (χ4n) is 1.54. The largest absolute Gasteiger partial charge is 0.385 e. The molecule has 0 bridgehead atoms. The van der Waals surface area contributed by atoms with E-state index in [0.717, 1.165) is 30.7 Å². The topological polar surface area (TPSA) is 21.3 Å². The second-order valence-corrected chi connectivity index (χ2v) is 4.13. The van der Waals surface area contributed by atoms with Gasteiger partial charge in [0.1, 0.15) is 5.82 Å². The Morgan fingerprint density at radius 1 is 1.44 bits per heavy atom. The lowest BCUT2D eigenvalue weighted by molar-refractivity contribution is 0.184. The Morgan fingerprint density at radius 3 is 2.81 bits per heavy atom. The number of methoxy groups -OCH3 is 1. The molecule has 0 saturated heterocycles. The summed E-state index contributed by atoms with van der Waals surface area (Å²) >= 11 is 0. The summed E-state index contributed by atoms with van der Waals surface area (Å²) in [6, 6.07) is 5.31. The first-order valence-corrected chi connectivity index (χ1v) is 5.61. The quantitative estimate of drug-likeness (QED) is 0.803. The maximum absolute atomic E-state index is 12.9. The van der Waals surface area contributed by atoms with Crippen LogP contribution in [0.2, 0.25) is 0 Å². The Hall–Kier alpha value is -0.930. The van der Waals surface area contributed by atoms with Crippen LogP contribution in [0.4, 0.5) is 4.39 Å². The summed E-state index contributed by atoms with van der Waals surface area (Å²) < 4.78 is 17.9. The van der Waals surface area contributed by atoms with Crippen molar-refractivity contribution >= 4 is 0 Å². The molecule has 2 nitrogen and oxygen atoms in total. The molecule has 0 radical (unpaired) electrons. The minimum Gasteiger partial charge on any atom is -0.385 e. The monoisotopic (exact) mass is 225 g/mol. The first kappa shape index (κ1) is 13.1. The molecule has 0 aliphatic carbocycles. The molecule has 0 spiro atoms. The molecule has 0 saturated carbocycles. The van der Waals surface area contributed by atoms with Gasteiger partial charge in [-0.15, -0.1) is 0 Å². The highest BCUT2D eigenvalue weighted by molar-refractivity contribution is 5.26. The van der Waals surface area contributed by atoms with Crippen LogP contribution in [-0.4, -0.2) is 19.8 Å². The van der Waals surface area contributed by atoms with E-state index in [1.807, 2.05) is 13.0 Å². The van der Waals surface area contributed by atoms with Crippen LogP contribution >= 0.6 is 0 Å². The highest BCUT2D eigenvalue weighted by Crippen LogP contribution is 2.10. The van der Waals surface area contributed by atoms with E-state index in [1.165, 1.54) is 6.07 Å². The zero-order valence-electron chi connectivity index (χ0n) is 10.2. The van der Waals surface area contributed by atoms with Crippen molar-refractivity contribution in [3.05, 3.63) is 35.1 Å². The molecule has 16 heavy (non-hydrogen) atoms. The fourth-order valence-corrected chi connectivity index (χ4v) is 1.54. The van der Waals surface area contributed by atoms with Crippen molar-refractivity contribution in [3.8, 4) is 0 Å². The van der Waals surface area contributed by atoms with E-state index >= 15 is 0 Å². The Bertz CT molecular complexity index is 328. The van der Waals surface area contributed by atoms with Gasteiger partial charge in [0.05, 0.1) is 0 Å². The number of aryl methyl sites for hydroxylation is 1. The van der Waals surface area contributed by atoms with Crippen LogP contribution in [0.3, 0.4) is 0 Å². The van der Waals surface area contributed by atoms with Gasteiger partial charge in [0, 0.05) is 26.3 Å². The van der Waals surface area contributed by atoms with Gasteiger partial charge in [0.25, 0.3) is 0 Å². The molecule has 1 rings (SSSR count). The number of hydrogen-bond donors (Lipinski definition) is 1. The average Bonchev–Trinajstić information content (AvgIpc) is 2.25. The van der Waals surface area contributed by atoms with Gasteiger partial charge in [-0.25, -0.2) is 4.39 Å². The number of nitrogens with one attached hydrogen (secondary N) is 1. The smallest absolute Gasteiger partial charge is 0.123 e. The first-order chi connectivity index (χ1) is 7.63. The summed E-state index contributed by atoms with van der Waals surface area (Å²) in [5.41, 5.74) is 2.14. The van der Waals surface area contributed by atoms with E-state index in [0.29, 0.717) is 6.04 Å². The van der Waals surface area contributed by atoms with Crippen LogP contribution in [0.15, 0.2) is 18.2 Å². The third kappa shape index (κ3) is 4.29. The van der Waals surface area contributed by atoms with Crippen molar-refractivity contribution in [1.29, 1.82) is 0 Å². The van der Waals surface area contributed by atoms with Crippen molar-refractivity contribution in [2.75, 3.05) is 13.7 Å². The van der Waals surface area contributed by atoms with Gasteiger partial charge in [-0.3, -0.25) is 0 Å². The van der Waals surface area contributed by atoms with Crippen molar-refractivity contribution in [2.24, 2.45) is 0 Å². The highest BCUT2D eigenvalue weighted by atomic mass is 19.1. The Morgan fingerprint density at radius 2 is 2.19 bits per heavy atom. The molecule has 0 aliphatic heterocycles. The van der Waals surface area contributed by atoms with Gasteiger partial charge < -0.3 is 10.1 Å². The zero-order valence-corrected chi connectivity index (χ0v) is 10.2. The van der Waals surface area contributed by atoms with Crippen LogP contribution < -0.4 is 5.32 Å². The van der Waals surface area contributed by atoms with Gasteiger partial charge in [-0.05, 0) is 43.5 Å². The van der Waals surface area contributed by atoms with E-state index < -0.39 is 0 Å². The maximum Gasteiger partial charge on any atom is 0.123 e. The molecule has 90 valence electrons. The maximum atomic E-state index is 12.9. The second-order valence-electron chi connectivity index (χ2n) is 4.13. The van der Waals surface area contributed by atoms with E-state index in [-0.39, 0.29) is 5.82 Å². The predicted octanol–water partition coefficient (Wildman–Crippen LogP) is 2.65. The minimum absolute atomic E-state index is 0.173. The third-order valence-electron chi connectivity index (χ3n) is 2.70. The first-order valence-electron chi connectivity index (χ1n) is 5.61. The molecule has 0 fully saturated rings. The van der Waals surface area contributed by atoms with Crippen LogP contribution in [-0.2, 0) is 11.3 Å². The Labute approximate surface area is 96.8 Å². The molecule has 1 aromatic rings. The summed E-state index contributed by atoms with van der Waals surface area (Å²) in [6.07, 6.45) is 0.983. The fraction of sp³-hybridized carbons (Fsp3) is 0.538. The van der Waals surface area contributed by atoms with E-state index in [9.17, 15) is 4.39 Å². The van der Waals surface area contributed by atoms with Crippen LogP contribution in [0.25, 0.3) is 0 Å². The lowest BCUT2D eigenvalue weighted by atomic mass is 10.1. The number of hydrogen-bond acceptors (Lipinski definition) is 2. The average molecular weight is 225 g/mol. The number of halogens is 1. The predicted molar refractivity (Wildman–Crippen MR) is 63.9 cm³/mol. The highest BCUT2D eigenvalue weighted by Gasteiger charge is 2.03. The molecule has 3 heteroatoms. The molecule has 0 amide bonds. The van der Waals surface area contributed by atoms with Crippen molar-refractivity contribution in [2.45, 2.75) is 32.9 Å². The lowest BCUT2D eigenvalue weighted by Gasteiger charge is -2.14. The van der Waals surface area contributed by atoms with Crippen LogP contribution in [0, 0.1) is 12.7 Å². The standard InChI is InChI=1S/C13H20FNO/c1-10-8-13(14)5-4-12(10)9-15-11(2)6-7-16-3/h4-5,8,11,15H,6-7,9H2,1-3H3. The van der Waals surface area contributed by atoms with E-state index in [1.54, 1.807) is 13.2 Å². The van der Waals surface area contributed by atoms with Crippen molar-refractivity contribution < 1.29 is 9.13 Å². The summed E-state index contributed by atoms with van der Waals surface area (Å²) in [5.74, 6) is -0.173. The number of benzene rings is 1. The van der Waals surface area contributed by atoms with Crippen LogP contribution in [0.1, 0.15) is 24.5 Å².